The molecule has 0 aliphatic rings. The van der Waals surface area contributed by atoms with Crippen LogP contribution in [-0.2, 0) is 14.6 Å². The Morgan fingerprint density at radius 2 is 2.13 bits per heavy atom. The third-order valence-electron chi connectivity index (χ3n) is 2.05. The van der Waals surface area contributed by atoms with E-state index in [1.165, 1.54) is 13.4 Å². The van der Waals surface area contributed by atoms with E-state index in [0.717, 1.165) is 13.0 Å². The number of sulfone groups is 1. The highest BCUT2D eigenvalue weighted by Crippen LogP contribution is 2.03. The van der Waals surface area contributed by atoms with E-state index >= 15 is 0 Å². The highest BCUT2D eigenvalue weighted by molar-refractivity contribution is 7.90. The molecule has 0 aromatic rings. The Morgan fingerprint density at radius 1 is 1.53 bits per heavy atom. The van der Waals surface area contributed by atoms with Crippen LogP contribution in [0.5, 0.6) is 0 Å². The van der Waals surface area contributed by atoms with Gasteiger partial charge in [-0.2, -0.15) is 0 Å². The maximum atomic E-state index is 11.2. The Bertz CT molecular complexity index is 274. The third kappa shape index (κ3) is 6.65. The molecule has 0 amide bonds. The summed E-state index contributed by atoms with van der Waals surface area (Å²) in [6.07, 6.45) is 3.51. The van der Waals surface area contributed by atoms with Crippen LogP contribution in [0.15, 0.2) is 12.7 Å². The summed E-state index contributed by atoms with van der Waals surface area (Å²) in [7, 11) is -1.51. The van der Waals surface area contributed by atoms with Crippen LogP contribution in [0.2, 0.25) is 0 Å². The lowest BCUT2D eigenvalue weighted by atomic mass is 10.2. The standard InChI is InChI=1S/C10H21NO3S/c1-5-7-11-9(6-2)10(14-3)8-15(4,12)13/h6,9-11H,2,5,7-8H2,1,3-4H3/t9-,10+/m1/s1. The second-order valence-corrected chi connectivity index (χ2v) is 5.77. The minimum absolute atomic E-state index is 0.0108. The average Bonchev–Trinajstić information content (AvgIpc) is 2.15. The van der Waals surface area contributed by atoms with Crippen molar-refractivity contribution in [1.29, 1.82) is 0 Å². The Morgan fingerprint density at radius 3 is 2.47 bits per heavy atom. The minimum Gasteiger partial charge on any atom is -0.378 e. The molecule has 0 aliphatic heterocycles. The van der Waals surface area contributed by atoms with Gasteiger partial charge in [-0.1, -0.05) is 13.0 Å². The SMILES string of the molecule is C=C[C@@H](NCCC)[C@H](CS(C)(=O)=O)OC. The fourth-order valence-corrected chi connectivity index (χ4v) is 2.23. The van der Waals surface area contributed by atoms with Crippen LogP contribution in [0.4, 0.5) is 0 Å². The van der Waals surface area contributed by atoms with Gasteiger partial charge in [-0.15, -0.1) is 6.58 Å². The van der Waals surface area contributed by atoms with E-state index in [-0.39, 0.29) is 17.9 Å². The van der Waals surface area contributed by atoms with Crippen LogP contribution >= 0.6 is 0 Å². The zero-order valence-electron chi connectivity index (χ0n) is 9.69. The van der Waals surface area contributed by atoms with Gasteiger partial charge in [-0.25, -0.2) is 8.42 Å². The Hall–Kier alpha value is -0.390. The van der Waals surface area contributed by atoms with E-state index in [4.69, 9.17) is 4.74 Å². The van der Waals surface area contributed by atoms with Gasteiger partial charge in [0, 0.05) is 13.4 Å². The summed E-state index contributed by atoms with van der Waals surface area (Å²) in [6, 6.07) is -0.121. The van der Waals surface area contributed by atoms with Gasteiger partial charge in [0.25, 0.3) is 0 Å². The zero-order valence-corrected chi connectivity index (χ0v) is 10.5. The predicted octanol–water partition coefficient (Wildman–Crippen LogP) is 0.600. The molecule has 15 heavy (non-hydrogen) atoms. The van der Waals surface area contributed by atoms with E-state index in [1.54, 1.807) is 6.08 Å². The number of methoxy groups -OCH3 is 1. The topological polar surface area (TPSA) is 55.4 Å². The van der Waals surface area contributed by atoms with Crippen molar-refractivity contribution in [3.8, 4) is 0 Å². The largest absolute Gasteiger partial charge is 0.378 e. The number of nitrogens with one attached hydrogen (secondary N) is 1. The molecule has 0 spiro atoms. The van der Waals surface area contributed by atoms with Gasteiger partial charge >= 0.3 is 0 Å². The minimum atomic E-state index is -3.03. The summed E-state index contributed by atoms with van der Waals surface area (Å²) in [5.41, 5.74) is 0. The summed E-state index contributed by atoms with van der Waals surface area (Å²) in [6.45, 7) is 6.54. The van der Waals surface area contributed by atoms with E-state index in [2.05, 4.69) is 11.9 Å². The molecule has 0 unspecified atom stereocenters. The van der Waals surface area contributed by atoms with Crippen molar-refractivity contribution in [1.82, 2.24) is 5.32 Å². The molecule has 0 radical (unpaired) electrons. The second-order valence-electron chi connectivity index (χ2n) is 3.58. The highest BCUT2D eigenvalue weighted by Gasteiger charge is 2.21. The summed E-state index contributed by atoms with van der Waals surface area (Å²) < 4.78 is 27.5. The normalized spacial score (nSPS) is 15.9. The first-order valence-corrected chi connectivity index (χ1v) is 7.07. The van der Waals surface area contributed by atoms with Crippen LogP contribution in [0, 0.1) is 0 Å². The van der Waals surface area contributed by atoms with Crippen LogP contribution in [0.25, 0.3) is 0 Å². The first kappa shape index (κ1) is 14.6. The maximum absolute atomic E-state index is 11.2. The lowest BCUT2D eigenvalue weighted by Crippen LogP contribution is -2.43. The van der Waals surface area contributed by atoms with Crippen LogP contribution in [-0.4, -0.2) is 46.2 Å². The molecule has 4 nitrogen and oxygen atoms in total. The molecule has 0 rings (SSSR count). The van der Waals surface area contributed by atoms with E-state index < -0.39 is 9.84 Å². The molecule has 0 fully saturated rings. The fraction of sp³-hybridized carbons (Fsp3) is 0.800. The first-order valence-electron chi connectivity index (χ1n) is 5.01. The number of hydrogen-bond acceptors (Lipinski definition) is 4. The van der Waals surface area contributed by atoms with Crippen molar-refractivity contribution >= 4 is 9.84 Å². The van der Waals surface area contributed by atoms with Crippen molar-refractivity contribution in [2.24, 2.45) is 0 Å². The van der Waals surface area contributed by atoms with Gasteiger partial charge in [0.15, 0.2) is 0 Å². The Labute approximate surface area is 92.6 Å². The number of rotatable bonds is 8. The summed E-state index contributed by atoms with van der Waals surface area (Å²) >= 11 is 0. The lowest BCUT2D eigenvalue weighted by molar-refractivity contribution is 0.0996. The molecule has 2 atom stereocenters. The first-order chi connectivity index (χ1) is 6.94. The average molecular weight is 235 g/mol. The maximum Gasteiger partial charge on any atom is 0.150 e. The molecule has 0 bridgehead atoms. The van der Waals surface area contributed by atoms with Gasteiger partial charge in [-0.05, 0) is 13.0 Å². The Kier molecular flexibility index (Phi) is 6.80. The molecule has 1 N–H and O–H groups in total. The molecule has 90 valence electrons. The third-order valence-corrected chi connectivity index (χ3v) is 2.99. The molecule has 0 aromatic carbocycles. The van der Waals surface area contributed by atoms with Crippen LogP contribution < -0.4 is 5.32 Å². The molecule has 0 aromatic heterocycles. The zero-order chi connectivity index (χ0) is 11.9. The summed E-state index contributed by atoms with van der Waals surface area (Å²) in [4.78, 5) is 0. The number of ether oxygens (including phenoxy) is 1. The van der Waals surface area contributed by atoms with Crippen LogP contribution in [0.1, 0.15) is 13.3 Å². The summed E-state index contributed by atoms with van der Waals surface area (Å²) in [5.74, 6) is 0.0108. The Balaban J connectivity index is 4.40. The van der Waals surface area contributed by atoms with Gasteiger partial charge in [0.2, 0.25) is 0 Å². The van der Waals surface area contributed by atoms with E-state index in [0.29, 0.717) is 0 Å². The predicted molar refractivity (Wildman–Crippen MR) is 62.8 cm³/mol. The fourth-order valence-electron chi connectivity index (χ4n) is 1.29. The molecule has 0 aliphatic carbocycles. The van der Waals surface area contributed by atoms with Crippen molar-refractivity contribution in [2.75, 3.05) is 25.7 Å². The molecule has 0 saturated carbocycles. The highest BCUT2D eigenvalue weighted by atomic mass is 32.2. The quantitative estimate of drug-likeness (QED) is 0.626. The van der Waals surface area contributed by atoms with Gasteiger partial charge in [-0.3, -0.25) is 0 Å². The molecular weight excluding hydrogens is 214 g/mol. The molecule has 5 heteroatoms. The van der Waals surface area contributed by atoms with Gasteiger partial charge < -0.3 is 10.1 Å². The van der Waals surface area contributed by atoms with Crippen molar-refractivity contribution in [3.63, 3.8) is 0 Å². The summed E-state index contributed by atoms with van der Waals surface area (Å²) in [5, 5.41) is 3.19. The monoisotopic (exact) mass is 235 g/mol. The van der Waals surface area contributed by atoms with Gasteiger partial charge in [0.1, 0.15) is 9.84 Å². The van der Waals surface area contributed by atoms with E-state index in [1.807, 2.05) is 6.92 Å². The number of hydrogen-bond donors (Lipinski definition) is 1. The molecule has 0 heterocycles. The molecular formula is C10H21NO3S. The molecule has 0 saturated heterocycles. The van der Waals surface area contributed by atoms with Crippen LogP contribution in [0.3, 0.4) is 0 Å². The van der Waals surface area contributed by atoms with Crippen molar-refractivity contribution < 1.29 is 13.2 Å². The second kappa shape index (κ2) is 6.98. The van der Waals surface area contributed by atoms with Crippen molar-refractivity contribution in [3.05, 3.63) is 12.7 Å². The smallest absolute Gasteiger partial charge is 0.150 e. The lowest BCUT2D eigenvalue weighted by Gasteiger charge is -2.23. The van der Waals surface area contributed by atoms with E-state index in [9.17, 15) is 8.42 Å². The van der Waals surface area contributed by atoms with Crippen molar-refractivity contribution in [2.45, 2.75) is 25.5 Å². The van der Waals surface area contributed by atoms with Gasteiger partial charge in [0.05, 0.1) is 17.9 Å².